The zero-order chi connectivity index (χ0) is 25.7. The first-order valence-electron chi connectivity index (χ1n) is 13.1. The third-order valence-electron chi connectivity index (χ3n) is 7.92. The molecule has 3 atom stereocenters. The minimum atomic E-state index is -0.552. The molecule has 0 bridgehead atoms. The Morgan fingerprint density at radius 2 is 1.97 bits per heavy atom. The molecule has 37 heavy (non-hydrogen) atoms. The van der Waals surface area contributed by atoms with Crippen LogP contribution in [0.2, 0.25) is 0 Å². The van der Waals surface area contributed by atoms with E-state index in [0.29, 0.717) is 11.0 Å². The highest BCUT2D eigenvalue weighted by atomic mass is 16.5. The molecule has 3 saturated heterocycles. The summed E-state index contributed by atoms with van der Waals surface area (Å²) in [5.74, 6) is 0. The topological polar surface area (TPSA) is 88.8 Å². The number of aliphatic hydroxyl groups is 1. The molecule has 8 heteroatoms. The van der Waals surface area contributed by atoms with Crippen molar-refractivity contribution in [3.8, 4) is 6.07 Å². The molecule has 2 aromatic heterocycles. The van der Waals surface area contributed by atoms with E-state index in [1.54, 1.807) is 13.1 Å². The van der Waals surface area contributed by atoms with Gasteiger partial charge in [-0.15, -0.1) is 0 Å². The van der Waals surface area contributed by atoms with Gasteiger partial charge in [0.2, 0.25) is 0 Å². The van der Waals surface area contributed by atoms with Crippen molar-refractivity contribution >= 4 is 22.3 Å². The summed E-state index contributed by atoms with van der Waals surface area (Å²) in [6.07, 6.45) is 1.47. The van der Waals surface area contributed by atoms with Gasteiger partial charge in [0.15, 0.2) is 0 Å². The highest BCUT2D eigenvalue weighted by molar-refractivity contribution is 5.95. The highest BCUT2D eigenvalue weighted by Crippen LogP contribution is 2.42. The number of likely N-dealkylation sites (tertiary alicyclic amines) is 1. The van der Waals surface area contributed by atoms with E-state index in [4.69, 9.17) is 4.74 Å². The summed E-state index contributed by atoms with van der Waals surface area (Å²) in [7, 11) is 0. The third kappa shape index (κ3) is 4.52. The average Bonchev–Trinajstić information content (AvgIpc) is 2.83. The van der Waals surface area contributed by atoms with E-state index in [2.05, 4.69) is 55.9 Å². The number of hydrogen-bond acceptors (Lipinski definition) is 8. The molecule has 3 aliphatic rings. The van der Waals surface area contributed by atoms with Crippen molar-refractivity contribution in [2.75, 3.05) is 55.6 Å². The molecule has 6 rings (SSSR count). The van der Waals surface area contributed by atoms with Crippen LogP contribution in [0.15, 0.2) is 42.6 Å². The Morgan fingerprint density at radius 3 is 2.73 bits per heavy atom. The number of pyridine rings is 2. The van der Waals surface area contributed by atoms with Gasteiger partial charge >= 0.3 is 0 Å². The zero-order valence-electron chi connectivity index (χ0n) is 21.8. The first kappa shape index (κ1) is 24.1. The van der Waals surface area contributed by atoms with E-state index in [1.807, 2.05) is 25.1 Å². The van der Waals surface area contributed by atoms with Crippen molar-refractivity contribution < 1.29 is 9.84 Å². The van der Waals surface area contributed by atoms with Gasteiger partial charge in [-0.3, -0.25) is 14.9 Å². The second-order valence-electron chi connectivity index (χ2n) is 11.2. The highest BCUT2D eigenvalue weighted by Gasteiger charge is 2.52. The molecule has 8 nitrogen and oxygen atoms in total. The van der Waals surface area contributed by atoms with Gasteiger partial charge < -0.3 is 19.6 Å². The second kappa shape index (κ2) is 9.25. The quantitative estimate of drug-likeness (QED) is 0.573. The number of aliphatic hydroxyl groups excluding tert-OH is 1. The van der Waals surface area contributed by atoms with Gasteiger partial charge in [0.05, 0.1) is 35.1 Å². The van der Waals surface area contributed by atoms with Gasteiger partial charge in [-0.25, -0.2) is 0 Å². The van der Waals surface area contributed by atoms with Crippen molar-refractivity contribution in [1.29, 1.82) is 5.26 Å². The van der Waals surface area contributed by atoms with Crippen LogP contribution in [-0.2, 0) is 4.74 Å². The van der Waals surface area contributed by atoms with Gasteiger partial charge in [0, 0.05) is 79.9 Å². The summed E-state index contributed by atoms with van der Waals surface area (Å²) in [6, 6.07) is 14.3. The molecule has 0 aliphatic carbocycles. The normalized spacial score (nSPS) is 24.0. The minimum absolute atomic E-state index is 0.133. The number of fused-ring (bicyclic) bond motifs is 1. The maximum Gasteiger partial charge on any atom is 0.101 e. The van der Waals surface area contributed by atoms with Crippen LogP contribution in [0, 0.1) is 23.7 Å². The predicted octanol–water partition coefficient (Wildman–Crippen LogP) is 3.28. The number of morpholine rings is 1. The number of ether oxygens (including phenoxy) is 1. The fourth-order valence-electron chi connectivity index (χ4n) is 6.40. The minimum Gasteiger partial charge on any atom is -0.387 e. The van der Waals surface area contributed by atoms with Crippen LogP contribution in [0.25, 0.3) is 10.9 Å². The number of anilines is 2. The van der Waals surface area contributed by atoms with E-state index in [1.165, 1.54) is 0 Å². The second-order valence-corrected chi connectivity index (χ2v) is 11.2. The molecule has 3 aromatic rings. The summed E-state index contributed by atoms with van der Waals surface area (Å²) >= 11 is 0. The molecule has 0 amide bonds. The Balaban J connectivity index is 1.08. The number of aromatic nitrogens is 2. The molecule has 1 spiro atoms. The Labute approximate surface area is 218 Å². The van der Waals surface area contributed by atoms with Gasteiger partial charge in [-0.2, -0.15) is 5.26 Å². The van der Waals surface area contributed by atoms with Gasteiger partial charge in [0.25, 0.3) is 0 Å². The van der Waals surface area contributed by atoms with Gasteiger partial charge in [-0.1, -0.05) is 0 Å². The van der Waals surface area contributed by atoms with Crippen molar-refractivity contribution in [3.05, 3.63) is 59.5 Å². The van der Waals surface area contributed by atoms with E-state index < -0.39 is 6.10 Å². The summed E-state index contributed by atoms with van der Waals surface area (Å²) in [6.45, 7) is 12.8. The number of nitrogens with zero attached hydrogens (tertiary/aromatic N) is 6. The summed E-state index contributed by atoms with van der Waals surface area (Å²) in [5, 5.41) is 20.5. The number of hydrogen-bond donors (Lipinski definition) is 1. The van der Waals surface area contributed by atoms with Crippen LogP contribution in [0.3, 0.4) is 0 Å². The first-order valence-corrected chi connectivity index (χ1v) is 13.1. The van der Waals surface area contributed by atoms with Crippen LogP contribution in [0.4, 0.5) is 11.4 Å². The lowest BCUT2D eigenvalue weighted by Gasteiger charge is -2.61. The van der Waals surface area contributed by atoms with Gasteiger partial charge in [0.1, 0.15) is 6.07 Å². The molecule has 0 radical (unpaired) electrons. The van der Waals surface area contributed by atoms with Crippen molar-refractivity contribution in [2.45, 2.75) is 39.1 Å². The van der Waals surface area contributed by atoms with E-state index in [0.717, 1.165) is 79.5 Å². The number of aryl methyl sites for hydroxylation is 1. The smallest absolute Gasteiger partial charge is 0.101 e. The molecule has 192 valence electrons. The largest absolute Gasteiger partial charge is 0.387 e. The van der Waals surface area contributed by atoms with Crippen LogP contribution in [0.5, 0.6) is 0 Å². The lowest BCUT2D eigenvalue weighted by Crippen LogP contribution is -2.73. The number of nitriles is 1. The monoisotopic (exact) mass is 498 g/mol. The molecular weight excluding hydrogens is 464 g/mol. The van der Waals surface area contributed by atoms with Crippen LogP contribution in [0.1, 0.15) is 36.9 Å². The lowest BCUT2D eigenvalue weighted by atomic mass is 9.72. The Morgan fingerprint density at radius 1 is 1.16 bits per heavy atom. The molecule has 0 saturated carbocycles. The Bertz CT molecular complexity index is 1350. The first-order chi connectivity index (χ1) is 17.8. The SMILES string of the molecule is Cc1cc(N2CC3(CN(CC4CN(c5ccc(C#N)c6ncccc56)CC(C)O4)C3)C2)cc(C(C)O)n1. The molecule has 1 N–H and O–H groups in total. The van der Waals surface area contributed by atoms with E-state index in [-0.39, 0.29) is 12.2 Å². The number of rotatable bonds is 5. The standard InChI is InChI=1S/C29H34N6O2/c1-19-9-23(10-26(32-19)21(3)36)35-17-29(18-35)15-33(16-29)13-24-14-34(12-20(2)37-24)27-7-6-22(11-30)28-25(27)5-4-8-31-28/h4-10,20-21,24,36H,12-18H2,1-3H3. The maximum atomic E-state index is 9.96. The van der Waals surface area contributed by atoms with Crippen molar-refractivity contribution in [2.24, 2.45) is 5.41 Å². The fourth-order valence-corrected chi connectivity index (χ4v) is 6.40. The van der Waals surface area contributed by atoms with Gasteiger partial charge in [-0.05, 0) is 57.2 Å². The summed E-state index contributed by atoms with van der Waals surface area (Å²) in [4.78, 5) is 16.3. The van der Waals surface area contributed by atoms with Crippen LogP contribution >= 0.6 is 0 Å². The van der Waals surface area contributed by atoms with Crippen molar-refractivity contribution in [3.63, 3.8) is 0 Å². The van der Waals surface area contributed by atoms with Crippen LogP contribution < -0.4 is 9.80 Å². The third-order valence-corrected chi connectivity index (χ3v) is 7.92. The summed E-state index contributed by atoms with van der Waals surface area (Å²) < 4.78 is 6.37. The van der Waals surface area contributed by atoms with Crippen LogP contribution in [-0.4, -0.2) is 78.0 Å². The maximum absolute atomic E-state index is 9.96. The molecule has 3 aliphatic heterocycles. The molecule has 3 unspecified atom stereocenters. The summed E-state index contributed by atoms with van der Waals surface area (Å²) in [5.41, 5.74) is 5.72. The average molecular weight is 499 g/mol. The molecule has 1 aromatic carbocycles. The molecule has 5 heterocycles. The number of benzene rings is 1. The zero-order valence-corrected chi connectivity index (χ0v) is 21.8. The predicted molar refractivity (Wildman–Crippen MR) is 144 cm³/mol. The van der Waals surface area contributed by atoms with E-state index >= 15 is 0 Å². The molecule has 3 fully saturated rings. The lowest BCUT2D eigenvalue weighted by molar-refractivity contribution is -0.0809. The van der Waals surface area contributed by atoms with E-state index in [9.17, 15) is 10.4 Å². The Hall–Kier alpha value is -3.25. The molecular formula is C29H34N6O2. The Kier molecular flexibility index (Phi) is 6.03. The fraction of sp³-hybridized carbons (Fsp3) is 0.483. The van der Waals surface area contributed by atoms with Crippen molar-refractivity contribution in [1.82, 2.24) is 14.9 Å².